The summed E-state index contributed by atoms with van der Waals surface area (Å²) < 4.78 is 2.32. The fraction of sp³-hybridized carbons (Fsp3) is 0.364. The minimum Gasteiger partial charge on any atom is -0.229 e. The number of thiazole rings is 1. The molecule has 0 unspecified atom stereocenters. The Morgan fingerprint density at radius 1 is 1.43 bits per heavy atom. The van der Waals surface area contributed by atoms with E-state index in [1.807, 2.05) is 0 Å². The number of benzene rings is 1. The van der Waals surface area contributed by atoms with Gasteiger partial charge in [-0.25, -0.2) is 4.98 Å². The zero-order valence-corrected chi connectivity index (χ0v) is 10.3. The molecular formula is C11H10BrNS. The molecule has 0 radical (unpaired) electrons. The van der Waals surface area contributed by atoms with Crippen LogP contribution >= 0.6 is 27.3 Å². The predicted octanol–water partition coefficient (Wildman–Crippen LogP) is 4.24. The summed E-state index contributed by atoms with van der Waals surface area (Å²) in [6.07, 6.45) is 2.68. The highest BCUT2D eigenvalue weighted by molar-refractivity contribution is 9.11. The number of hydrogen-bond acceptors (Lipinski definition) is 2. The summed E-state index contributed by atoms with van der Waals surface area (Å²) in [7, 11) is 0. The van der Waals surface area contributed by atoms with Crippen molar-refractivity contribution in [1.29, 1.82) is 0 Å². The standard InChI is InChI=1S/C11H10BrNS/c1-6-4-8(7-2-3-7)10-9(5-6)14-11(12)13-10/h4-5,7H,2-3H2,1H3. The summed E-state index contributed by atoms with van der Waals surface area (Å²) in [6, 6.07) is 4.52. The fourth-order valence-electron chi connectivity index (χ4n) is 1.88. The fourth-order valence-corrected chi connectivity index (χ4v) is 3.40. The second kappa shape index (κ2) is 3.04. The van der Waals surface area contributed by atoms with Crippen LogP contribution in [0.4, 0.5) is 0 Å². The highest BCUT2D eigenvalue weighted by Crippen LogP contribution is 2.44. The molecule has 1 aromatic carbocycles. The predicted molar refractivity (Wildman–Crippen MR) is 64.0 cm³/mol. The average Bonchev–Trinajstić information content (AvgIpc) is 2.87. The van der Waals surface area contributed by atoms with Crippen molar-refractivity contribution in [2.75, 3.05) is 0 Å². The summed E-state index contributed by atoms with van der Waals surface area (Å²) >= 11 is 5.19. The average molecular weight is 268 g/mol. The first-order chi connectivity index (χ1) is 6.74. The lowest BCUT2D eigenvalue weighted by Crippen LogP contribution is -1.84. The minimum atomic E-state index is 0.784. The van der Waals surface area contributed by atoms with E-state index in [-0.39, 0.29) is 0 Å². The van der Waals surface area contributed by atoms with Gasteiger partial charge < -0.3 is 0 Å². The van der Waals surface area contributed by atoms with Gasteiger partial charge in [0.05, 0.1) is 10.2 Å². The second-order valence-corrected chi connectivity index (χ2v) is 6.25. The number of aryl methyl sites for hydroxylation is 1. The van der Waals surface area contributed by atoms with Gasteiger partial charge in [-0.15, -0.1) is 11.3 Å². The highest BCUT2D eigenvalue weighted by Gasteiger charge is 2.26. The van der Waals surface area contributed by atoms with E-state index >= 15 is 0 Å². The van der Waals surface area contributed by atoms with Crippen LogP contribution in [0.5, 0.6) is 0 Å². The first kappa shape index (κ1) is 8.86. The lowest BCUT2D eigenvalue weighted by molar-refractivity contribution is 1.13. The van der Waals surface area contributed by atoms with Crippen LogP contribution in [-0.4, -0.2) is 4.98 Å². The normalized spacial score (nSPS) is 16.4. The van der Waals surface area contributed by atoms with Gasteiger partial charge in [0.2, 0.25) is 0 Å². The smallest absolute Gasteiger partial charge is 0.160 e. The summed E-state index contributed by atoms with van der Waals surface area (Å²) in [5.41, 5.74) is 4.03. The van der Waals surface area contributed by atoms with Gasteiger partial charge in [0, 0.05) is 0 Å². The number of halogens is 1. The molecule has 0 saturated heterocycles. The van der Waals surface area contributed by atoms with Gasteiger partial charge in [0.15, 0.2) is 3.92 Å². The molecule has 14 heavy (non-hydrogen) atoms. The van der Waals surface area contributed by atoms with Gasteiger partial charge in [-0.2, -0.15) is 0 Å². The Labute approximate surface area is 95.3 Å². The molecule has 1 nitrogen and oxygen atoms in total. The van der Waals surface area contributed by atoms with E-state index in [9.17, 15) is 0 Å². The molecular weight excluding hydrogens is 258 g/mol. The molecule has 2 aromatic rings. The molecule has 1 fully saturated rings. The third kappa shape index (κ3) is 1.39. The molecule has 1 heterocycles. The van der Waals surface area contributed by atoms with E-state index in [0.29, 0.717) is 0 Å². The maximum absolute atomic E-state index is 4.55. The summed E-state index contributed by atoms with van der Waals surface area (Å²) in [4.78, 5) is 4.55. The Kier molecular flexibility index (Phi) is 1.92. The van der Waals surface area contributed by atoms with E-state index in [1.54, 1.807) is 11.3 Å². The monoisotopic (exact) mass is 267 g/mol. The van der Waals surface area contributed by atoms with Crippen molar-refractivity contribution < 1.29 is 0 Å². The lowest BCUT2D eigenvalue weighted by Gasteiger charge is -2.01. The molecule has 0 bridgehead atoms. The SMILES string of the molecule is Cc1cc(C2CC2)c2nc(Br)sc2c1. The lowest BCUT2D eigenvalue weighted by atomic mass is 10.1. The number of hydrogen-bond donors (Lipinski definition) is 0. The molecule has 72 valence electrons. The van der Waals surface area contributed by atoms with Crippen molar-refractivity contribution in [3.63, 3.8) is 0 Å². The van der Waals surface area contributed by atoms with Crippen LogP contribution in [0.15, 0.2) is 16.0 Å². The number of fused-ring (bicyclic) bond motifs is 1. The van der Waals surface area contributed by atoms with Crippen LogP contribution in [0.25, 0.3) is 10.2 Å². The molecule has 0 amide bonds. The summed E-state index contributed by atoms with van der Waals surface area (Å²) in [6.45, 7) is 2.17. The van der Waals surface area contributed by atoms with Crippen molar-refractivity contribution in [3.8, 4) is 0 Å². The molecule has 0 N–H and O–H groups in total. The van der Waals surface area contributed by atoms with E-state index in [1.165, 1.54) is 34.2 Å². The molecule has 1 aliphatic rings. The van der Waals surface area contributed by atoms with Gasteiger partial charge in [-0.1, -0.05) is 6.07 Å². The topological polar surface area (TPSA) is 12.9 Å². The molecule has 0 atom stereocenters. The van der Waals surface area contributed by atoms with Crippen molar-refractivity contribution in [2.24, 2.45) is 0 Å². The first-order valence-electron chi connectivity index (χ1n) is 4.80. The van der Waals surface area contributed by atoms with Crippen LogP contribution < -0.4 is 0 Å². The molecule has 0 aliphatic heterocycles. The number of aromatic nitrogens is 1. The van der Waals surface area contributed by atoms with E-state index in [2.05, 4.69) is 40.0 Å². The van der Waals surface area contributed by atoms with Crippen LogP contribution in [0.3, 0.4) is 0 Å². The molecule has 1 aliphatic carbocycles. The zero-order chi connectivity index (χ0) is 9.71. The van der Waals surface area contributed by atoms with E-state index in [0.717, 1.165) is 9.83 Å². The molecule has 1 aromatic heterocycles. The Hall–Kier alpha value is -0.410. The molecule has 0 spiro atoms. The quantitative estimate of drug-likeness (QED) is 0.753. The number of nitrogens with zero attached hydrogens (tertiary/aromatic N) is 1. The Balaban J connectivity index is 2.33. The van der Waals surface area contributed by atoms with Crippen molar-refractivity contribution >= 4 is 37.5 Å². The van der Waals surface area contributed by atoms with Crippen LogP contribution in [0, 0.1) is 6.92 Å². The van der Waals surface area contributed by atoms with E-state index in [4.69, 9.17) is 0 Å². The van der Waals surface area contributed by atoms with Crippen molar-refractivity contribution in [3.05, 3.63) is 27.2 Å². The van der Waals surface area contributed by atoms with Gasteiger partial charge in [-0.05, 0) is 58.8 Å². The van der Waals surface area contributed by atoms with Gasteiger partial charge >= 0.3 is 0 Å². The van der Waals surface area contributed by atoms with Crippen LogP contribution in [-0.2, 0) is 0 Å². The maximum atomic E-state index is 4.55. The molecule has 1 saturated carbocycles. The molecule has 3 rings (SSSR count). The zero-order valence-electron chi connectivity index (χ0n) is 7.88. The van der Waals surface area contributed by atoms with Crippen molar-refractivity contribution in [1.82, 2.24) is 4.98 Å². The van der Waals surface area contributed by atoms with Crippen LogP contribution in [0.1, 0.15) is 29.9 Å². The van der Waals surface area contributed by atoms with Crippen molar-refractivity contribution in [2.45, 2.75) is 25.7 Å². The van der Waals surface area contributed by atoms with Gasteiger partial charge in [0.25, 0.3) is 0 Å². The maximum Gasteiger partial charge on any atom is 0.160 e. The Morgan fingerprint density at radius 3 is 2.93 bits per heavy atom. The first-order valence-corrected chi connectivity index (χ1v) is 6.41. The Bertz CT molecular complexity index is 499. The van der Waals surface area contributed by atoms with E-state index < -0.39 is 0 Å². The Morgan fingerprint density at radius 2 is 2.21 bits per heavy atom. The minimum absolute atomic E-state index is 0.784. The highest BCUT2D eigenvalue weighted by atomic mass is 79.9. The third-order valence-electron chi connectivity index (χ3n) is 2.66. The van der Waals surface area contributed by atoms with Gasteiger partial charge in [-0.3, -0.25) is 0 Å². The van der Waals surface area contributed by atoms with Crippen LogP contribution in [0.2, 0.25) is 0 Å². The molecule has 3 heteroatoms. The summed E-state index contributed by atoms with van der Waals surface area (Å²) in [5.74, 6) is 0.784. The number of rotatable bonds is 1. The largest absolute Gasteiger partial charge is 0.229 e. The summed E-state index contributed by atoms with van der Waals surface area (Å²) in [5, 5.41) is 0. The van der Waals surface area contributed by atoms with Gasteiger partial charge in [0.1, 0.15) is 0 Å². The third-order valence-corrected chi connectivity index (χ3v) is 4.11. The second-order valence-electron chi connectivity index (χ2n) is 3.94.